The van der Waals surface area contributed by atoms with Gasteiger partial charge in [0.1, 0.15) is 13.2 Å². The van der Waals surface area contributed by atoms with E-state index >= 15 is 0 Å². The summed E-state index contributed by atoms with van der Waals surface area (Å²) in [6.07, 6.45) is 1.67. The van der Waals surface area contributed by atoms with Gasteiger partial charge in [0.15, 0.2) is 11.5 Å². The zero-order chi connectivity index (χ0) is 17.1. The van der Waals surface area contributed by atoms with Crippen molar-refractivity contribution in [3.8, 4) is 22.8 Å². The van der Waals surface area contributed by atoms with Crippen LogP contribution in [0.2, 0.25) is 5.02 Å². The first-order chi connectivity index (χ1) is 12.3. The van der Waals surface area contributed by atoms with Crippen LogP contribution in [0.3, 0.4) is 0 Å². The molecule has 5 nitrogen and oxygen atoms in total. The van der Waals surface area contributed by atoms with Gasteiger partial charge in [-0.3, -0.25) is 5.43 Å². The van der Waals surface area contributed by atoms with Crippen molar-refractivity contribution in [2.45, 2.75) is 0 Å². The molecule has 0 fully saturated rings. The molecule has 1 aliphatic rings. The van der Waals surface area contributed by atoms with Gasteiger partial charge >= 0.3 is 0 Å². The fourth-order valence-electron chi connectivity index (χ4n) is 2.40. The summed E-state index contributed by atoms with van der Waals surface area (Å²) < 4.78 is 11.2. The summed E-state index contributed by atoms with van der Waals surface area (Å²) in [6, 6.07) is 13.3. The van der Waals surface area contributed by atoms with Crippen molar-refractivity contribution in [1.82, 2.24) is 4.98 Å². The van der Waals surface area contributed by atoms with Crippen LogP contribution in [-0.2, 0) is 0 Å². The molecule has 0 radical (unpaired) electrons. The molecular formula is C18H14ClN3O2S. The van der Waals surface area contributed by atoms with Crippen molar-refractivity contribution in [3.63, 3.8) is 0 Å². The zero-order valence-electron chi connectivity index (χ0n) is 13.1. The smallest absolute Gasteiger partial charge is 0.203 e. The van der Waals surface area contributed by atoms with Gasteiger partial charge < -0.3 is 9.47 Å². The van der Waals surface area contributed by atoms with E-state index in [1.807, 2.05) is 47.8 Å². The van der Waals surface area contributed by atoms with E-state index < -0.39 is 0 Å². The van der Waals surface area contributed by atoms with Gasteiger partial charge in [0.25, 0.3) is 0 Å². The number of hydrogen-bond acceptors (Lipinski definition) is 6. The molecule has 2 heterocycles. The van der Waals surface area contributed by atoms with Crippen molar-refractivity contribution in [3.05, 3.63) is 58.4 Å². The number of hydrogen-bond donors (Lipinski definition) is 1. The molecule has 1 aliphatic heterocycles. The molecule has 1 N–H and O–H groups in total. The molecule has 0 saturated heterocycles. The standard InChI is InChI=1S/C18H14ClN3O2S/c19-14-4-2-1-3-13(14)10-20-22-18-21-15(11-25-18)12-5-6-16-17(9-12)24-8-7-23-16/h1-6,9-11H,7-8H2,(H,21,22)/b20-10+. The maximum absolute atomic E-state index is 6.09. The number of rotatable bonds is 4. The van der Waals surface area contributed by atoms with Crippen LogP contribution < -0.4 is 14.9 Å². The third-order valence-electron chi connectivity index (χ3n) is 3.61. The predicted octanol–water partition coefficient (Wildman–Crippen LogP) is 4.68. The summed E-state index contributed by atoms with van der Waals surface area (Å²) in [4.78, 5) is 4.55. The minimum Gasteiger partial charge on any atom is -0.486 e. The highest BCUT2D eigenvalue weighted by Crippen LogP contribution is 2.35. The second-order valence-corrected chi connectivity index (χ2v) is 6.55. The largest absolute Gasteiger partial charge is 0.486 e. The summed E-state index contributed by atoms with van der Waals surface area (Å²) in [5.74, 6) is 1.52. The zero-order valence-corrected chi connectivity index (χ0v) is 14.7. The molecule has 1 aromatic heterocycles. The van der Waals surface area contributed by atoms with Crippen LogP contribution >= 0.6 is 22.9 Å². The minimum atomic E-state index is 0.567. The maximum atomic E-state index is 6.09. The molecule has 0 atom stereocenters. The summed E-state index contributed by atoms with van der Waals surface area (Å²) in [7, 11) is 0. The van der Waals surface area contributed by atoms with Crippen LogP contribution in [-0.4, -0.2) is 24.4 Å². The number of nitrogens with one attached hydrogen (secondary N) is 1. The first-order valence-electron chi connectivity index (χ1n) is 7.69. The number of anilines is 1. The Morgan fingerprint density at radius 2 is 1.96 bits per heavy atom. The quantitative estimate of drug-likeness (QED) is 0.534. The Kier molecular flexibility index (Phi) is 4.54. The van der Waals surface area contributed by atoms with Gasteiger partial charge in [-0.05, 0) is 24.3 Å². The lowest BCUT2D eigenvalue weighted by Crippen LogP contribution is -2.15. The molecule has 0 spiro atoms. The molecule has 25 heavy (non-hydrogen) atoms. The highest BCUT2D eigenvalue weighted by Gasteiger charge is 2.13. The van der Waals surface area contributed by atoms with Crippen molar-refractivity contribution in [1.29, 1.82) is 0 Å². The molecule has 0 aliphatic carbocycles. The number of thiazole rings is 1. The minimum absolute atomic E-state index is 0.567. The number of fused-ring (bicyclic) bond motifs is 1. The molecule has 0 amide bonds. The van der Waals surface area contributed by atoms with Crippen molar-refractivity contribution in [2.24, 2.45) is 5.10 Å². The average Bonchev–Trinajstić information content (AvgIpc) is 3.12. The van der Waals surface area contributed by atoms with Gasteiger partial charge in [0.2, 0.25) is 5.13 Å². The molecule has 4 rings (SSSR count). The number of halogens is 1. The monoisotopic (exact) mass is 371 g/mol. The fraction of sp³-hybridized carbons (Fsp3) is 0.111. The van der Waals surface area contributed by atoms with E-state index in [0.29, 0.717) is 23.4 Å². The van der Waals surface area contributed by atoms with Crippen LogP contribution in [0, 0.1) is 0 Å². The molecule has 0 unspecified atom stereocenters. The summed E-state index contributed by atoms with van der Waals surface area (Å²) in [5, 5.41) is 7.52. The summed E-state index contributed by atoms with van der Waals surface area (Å²) in [5.41, 5.74) is 5.62. The highest BCUT2D eigenvalue weighted by atomic mass is 35.5. The van der Waals surface area contributed by atoms with Crippen molar-refractivity contribution >= 4 is 34.3 Å². The molecular weight excluding hydrogens is 358 g/mol. The van der Waals surface area contributed by atoms with Gasteiger partial charge in [-0.1, -0.05) is 29.8 Å². The Labute approximate surface area is 153 Å². The third-order valence-corrected chi connectivity index (χ3v) is 4.70. The van der Waals surface area contributed by atoms with E-state index in [1.165, 1.54) is 11.3 Å². The van der Waals surface area contributed by atoms with E-state index in [4.69, 9.17) is 21.1 Å². The Balaban J connectivity index is 1.48. The van der Waals surface area contributed by atoms with E-state index in [1.54, 1.807) is 6.21 Å². The Morgan fingerprint density at radius 3 is 2.84 bits per heavy atom. The SMILES string of the molecule is Clc1ccccc1/C=N/Nc1nc(-c2ccc3c(c2)OCCO3)cs1. The van der Waals surface area contributed by atoms with Crippen LogP contribution in [0.5, 0.6) is 11.5 Å². The molecule has 2 aromatic carbocycles. The van der Waals surface area contributed by atoms with Crippen LogP contribution in [0.1, 0.15) is 5.56 Å². The van der Waals surface area contributed by atoms with Crippen molar-refractivity contribution in [2.75, 3.05) is 18.6 Å². The van der Waals surface area contributed by atoms with E-state index in [2.05, 4.69) is 15.5 Å². The third kappa shape index (κ3) is 3.60. The molecule has 126 valence electrons. The fourth-order valence-corrected chi connectivity index (χ4v) is 3.25. The van der Waals surface area contributed by atoms with E-state index in [9.17, 15) is 0 Å². The predicted molar refractivity (Wildman–Crippen MR) is 101 cm³/mol. The normalized spacial score (nSPS) is 13.2. The van der Waals surface area contributed by atoms with Gasteiger partial charge in [0.05, 0.1) is 11.9 Å². The maximum Gasteiger partial charge on any atom is 0.203 e. The molecule has 7 heteroatoms. The Hall–Kier alpha value is -2.57. The lowest BCUT2D eigenvalue weighted by Gasteiger charge is -2.18. The number of hydrazone groups is 1. The van der Waals surface area contributed by atoms with Gasteiger partial charge in [0, 0.05) is 21.5 Å². The lowest BCUT2D eigenvalue weighted by molar-refractivity contribution is 0.171. The highest BCUT2D eigenvalue weighted by molar-refractivity contribution is 7.14. The average molecular weight is 372 g/mol. The number of nitrogens with zero attached hydrogens (tertiary/aromatic N) is 2. The topological polar surface area (TPSA) is 55.7 Å². The van der Waals surface area contributed by atoms with Crippen LogP contribution in [0.15, 0.2) is 52.9 Å². The second kappa shape index (κ2) is 7.13. The van der Waals surface area contributed by atoms with E-state index in [0.717, 1.165) is 28.3 Å². The number of aromatic nitrogens is 1. The van der Waals surface area contributed by atoms with Gasteiger partial charge in [-0.25, -0.2) is 4.98 Å². The van der Waals surface area contributed by atoms with Crippen molar-refractivity contribution < 1.29 is 9.47 Å². The second-order valence-electron chi connectivity index (χ2n) is 5.29. The number of ether oxygens (including phenoxy) is 2. The van der Waals surface area contributed by atoms with Crippen LogP contribution in [0.25, 0.3) is 11.3 Å². The molecule has 0 saturated carbocycles. The lowest BCUT2D eigenvalue weighted by atomic mass is 10.1. The van der Waals surface area contributed by atoms with Gasteiger partial charge in [-0.2, -0.15) is 5.10 Å². The number of benzene rings is 2. The summed E-state index contributed by atoms with van der Waals surface area (Å²) >= 11 is 7.57. The van der Waals surface area contributed by atoms with Gasteiger partial charge in [-0.15, -0.1) is 11.3 Å². The first kappa shape index (κ1) is 15.9. The Bertz CT molecular complexity index is 926. The summed E-state index contributed by atoms with van der Waals surface area (Å²) in [6.45, 7) is 1.15. The Morgan fingerprint density at radius 1 is 1.12 bits per heavy atom. The van der Waals surface area contributed by atoms with E-state index in [-0.39, 0.29) is 0 Å². The van der Waals surface area contributed by atoms with Crippen LogP contribution in [0.4, 0.5) is 5.13 Å². The molecule has 0 bridgehead atoms. The first-order valence-corrected chi connectivity index (χ1v) is 8.94. The molecule has 3 aromatic rings.